The molecule has 3 aliphatic rings. The highest BCUT2D eigenvalue weighted by Gasteiger charge is 2.64. The number of nitrogens with two attached hydrogens (primary N) is 1. The Labute approximate surface area is 155 Å². The van der Waals surface area contributed by atoms with E-state index in [9.17, 15) is 14.5 Å². The fourth-order valence-corrected chi connectivity index (χ4v) is 4.63. The van der Waals surface area contributed by atoms with Crippen molar-refractivity contribution in [2.45, 2.75) is 57.7 Å². The summed E-state index contributed by atoms with van der Waals surface area (Å²) < 4.78 is 18.9. The number of halogens is 2. The molecule has 4 nitrogen and oxygen atoms in total. The zero-order valence-corrected chi connectivity index (χ0v) is 15.8. The molecule has 0 heterocycles. The molecule has 4 rings (SSSR count). The molecule has 5 atom stereocenters. The number of hydrogen-bond donors (Lipinski definition) is 3. The molecular weight excluding hydrogens is 343 g/mol. The minimum atomic E-state index is -1.18. The lowest BCUT2D eigenvalue weighted by molar-refractivity contribution is -0.239. The maximum atomic E-state index is 13.0. The normalized spacial score (nSPS) is 33.8. The van der Waals surface area contributed by atoms with Crippen molar-refractivity contribution in [3.63, 3.8) is 0 Å². The number of aliphatic hydroxyl groups is 1. The summed E-state index contributed by atoms with van der Waals surface area (Å²) in [4.78, 5) is 0. The molecule has 3 aliphatic carbocycles. The van der Waals surface area contributed by atoms with Gasteiger partial charge in [0.25, 0.3) is 0 Å². The van der Waals surface area contributed by atoms with E-state index in [0.29, 0.717) is 18.8 Å². The zero-order chi connectivity index (χ0) is 17.7. The SMILES string of the molecule is CC1(C)[C@@H]2C[C@@H](O)[C@@](C)(OB(O)[C@@H](N)Cc3ccc(F)cc3)[C@H]1C2.Cl. The van der Waals surface area contributed by atoms with E-state index >= 15 is 0 Å². The maximum absolute atomic E-state index is 13.0. The summed E-state index contributed by atoms with van der Waals surface area (Å²) in [6.45, 7) is 6.28. The van der Waals surface area contributed by atoms with Gasteiger partial charge in [0, 0.05) is 5.94 Å². The van der Waals surface area contributed by atoms with Crippen LogP contribution in [0.4, 0.5) is 4.39 Å². The van der Waals surface area contributed by atoms with E-state index in [2.05, 4.69) is 13.8 Å². The van der Waals surface area contributed by atoms with Crippen LogP contribution in [0.5, 0.6) is 0 Å². The number of benzene rings is 1. The van der Waals surface area contributed by atoms with Crippen molar-refractivity contribution in [2.75, 3.05) is 0 Å². The summed E-state index contributed by atoms with van der Waals surface area (Å²) in [6.07, 6.45) is 1.49. The van der Waals surface area contributed by atoms with Crippen LogP contribution in [-0.2, 0) is 11.1 Å². The first-order valence-corrected chi connectivity index (χ1v) is 8.68. The molecule has 0 aromatic heterocycles. The van der Waals surface area contributed by atoms with Gasteiger partial charge < -0.3 is 20.5 Å². The third kappa shape index (κ3) is 3.60. The van der Waals surface area contributed by atoms with Gasteiger partial charge in [0.1, 0.15) is 5.82 Å². The third-order valence-corrected chi connectivity index (χ3v) is 6.46. The maximum Gasteiger partial charge on any atom is 0.472 e. The van der Waals surface area contributed by atoms with Gasteiger partial charge in [-0.2, -0.15) is 0 Å². The fraction of sp³-hybridized carbons (Fsp3) is 0.667. The fourth-order valence-electron chi connectivity index (χ4n) is 4.63. The van der Waals surface area contributed by atoms with E-state index < -0.39 is 24.8 Å². The van der Waals surface area contributed by atoms with Crippen LogP contribution in [0, 0.1) is 23.1 Å². The first-order chi connectivity index (χ1) is 11.1. The lowest BCUT2D eigenvalue weighted by atomic mass is 9.43. The molecule has 0 radical (unpaired) electrons. The Morgan fingerprint density at radius 1 is 1.28 bits per heavy atom. The number of rotatable bonds is 5. The van der Waals surface area contributed by atoms with Gasteiger partial charge in [0.15, 0.2) is 0 Å². The van der Waals surface area contributed by atoms with E-state index in [1.54, 1.807) is 12.1 Å². The largest absolute Gasteiger partial charge is 0.472 e. The Bertz CT molecular complexity index is 602. The van der Waals surface area contributed by atoms with Crippen LogP contribution in [0.25, 0.3) is 0 Å². The molecule has 0 aliphatic heterocycles. The molecule has 1 aromatic carbocycles. The van der Waals surface area contributed by atoms with Gasteiger partial charge in [0.2, 0.25) is 0 Å². The van der Waals surface area contributed by atoms with Crippen molar-refractivity contribution in [2.24, 2.45) is 23.0 Å². The average molecular weight is 372 g/mol. The molecule has 140 valence electrons. The van der Waals surface area contributed by atoms with Crippen LogP contribution in [0.15, 0.2) is 24.3 Å². The molecular formula is C18H28BClFNO3. The predicted octanol–water partition coefficient (Wildman–Crippen LogP) is 2.34. The van der Waals surface area contributed by atoms with E-state index in [1.165, 1.54) is 12.1 Å². The lowest BCUT2D eigenvalue weighted by Crippen LogP contribution is -2.69. The van der Waals surface area contributed by atoms with Crippen LogP contribution in [0.2, 0.25) is 0 Å². The summed E-state index contributed by atoms with van der Waals surface area (Å²) in [5.41, 5.74) is 6.23. The van der Waals surface area contributed by atoms with Crippen LogP contribution >= 0.6 is 12.4 Å². The van der Waals surface area contributed by atoms with Crippen LogP contribution in [-0.4, -0.2) is 34.9 Å². The smallest absolute Gasteiger partial charge is 0.426 e. The Morgan fingerprint density at radius 2 is 1.88 bits per heavy atom. The van der Waals surface area contributed by atoms with E-state index in [0.717, 1.165) is 12.0 Å². The number of hydrogen-bond acceptors (Lipinski definition) is 4. The molecule has 0 unspecified atom stereocenters. The monoisotopic (exact) mass is 371 g/mol. The lowest BCUT2D eigenvalue weighted by Gasteiger charge is -2.66. The molecule has 7 heteroatoms. The molecule has 0 amide bonds. The summed E-state index contributed by atoms with van der Waals surface area (Å²) in [5.74, 6) is -0.227. The van der Waals surface area contributed by atoms with E-state index in [1.807, 2.05) is 6.92 Å². The van der Waals surface area contributed by atoms with Gasteiger partial charge in [-0.25, -0.2) is 4.39 Å². The van der Waals surface area contributed by atoms with Crippen LogP contribution in [0.3, 0.4) is 0 Å². The van der Waals surface area contributed by atoms with Crippen molar-refractivity contribution in [1.29, 1.82) is 0 Å². The quantitative estimate of drug-likeness (QED) is 0.694. The molecule has 3 saturated carbocycles. The Kier molecular flexibility index (Phi) is 5.92. The van der Waals surface area contributed by atoms with Crippen molar-refractivity contribution in [3.05, 3.63) is 35.6 Å². The number of aliphatic hydroxyl groups excluding tert-OH is 1. The summed E-state index contributed by atoms with van der Waals surface area (Å²) in [6, 6.07) is 6.05. The molecule has 3 fully saturated rings. The van der Waals surface area contributed by atoms with Gasteiger partial charge >= 0.3 is 7.12 Å². The first kappa shape index (κ1) is 20.7. The average Bonchev–Trinajstić information content (AvgIpc) is 2.51. The van der Waals surface area contributed by atoms with E-state index in [-0.39, 0.29) is 29.6 Å². The number of fused-ring (bicyclic) bond motifs is 2. The van der Waals surface area contributed by atoms with Gasteiger partial charge in [0.05, 0.1) is 11.7 Å². The van der Waals surface area contributed by atoms with Gasteiger partial charge in [-0.3, -0.25) is 0 Å². The minimum absolute atomic E-state index is 0. The zero-order valence-electron chi connectivity index (χ0n) is 15.0. The molecule has 1 aromatic rings. The summed E-state index contributed by atoms with van der Waals surface area (Å²) in [5, 5.41) is 20.9. The Balaban J connectivity index is 0.00000225. The highest BCUT2D eigenvalue weighted by molar-refractivity contribution is 6.45. The molecule has 0 spiro atoms. The summed E-state index contributed by atoms with van der Waals surface area (Å²) >= 11 is 0. The highest BCUT2D eigenvalue weighted by atomic mass is 35.5. The second-order valence-electron chi connectivity index (χ2n) is 8.24. The van der Waals surface area contributed by atoms with Crippen molar-refractivity contribution >= 4 is 19.5 Å². The van der Waals surface area contributed by atoms with E-state index in [4.69, 9.17) is 10.4 Å². The first-order valence-electron chi connectivity index (χ1n) is 8.68. The molecule has 25 heavy (non-hydrogen) atoms. The van der Waals surface area contributed by atoms with Crippen molar-refractivity contribution in [1.82, 2.24) is 0 Å². The van der Waals surface area contributed by atoms with Crippen LogP contribution < -0.4 is 5.73 Å². The molecule has 2 bridgehead atoms. The highest BCUT2D eigenvalue weighted by Crippen LogP contribution is 2.63. The minimum Gasteiger partial charge on any atom is -0.426 e. The summed E-state index contributed by atoms with van der Waals surface area (Å²) in [7, 11) is -1.18. The van der Waals surface area contributed by atoms with Gasteiger partial charge in [-0.05, 0) is 61.1 Å². The standard InChI is InChI=1S/C18H27BFNO3.ClH/c1-17(2)12-9-14(17)18(3,15(22)10-12)24-19(23)16(21)8-11-4-6-13(20)7-5-11;/h4-7,12,14-16,22-23H,8-10,21H2,1-3H3;1H/t12-,14-,15+,16-,18-;/m0./s1. The third-order valence-electron chi connectivity index (χ3n) is 6.46. The Morgan fingerprint density at radius 3 is 2.44 bits per heavy atom. The predicted molar refractivity (Wildman–Crippen MR) is 98.8 cm³/mol. The van der Waals surface area contributed by atoms with Crippen molar-refractivity contribution in [3.8, 4) is 0 Å². The molecule has 0 saturated heterocycles. The second-order valence-corrected chi connectivity index (χ2v) is 8.24. The Hall–Kier alpha value is -0.655. The molecule has 4 N–H and O–H groups in total. The van der Waals surface area contributed by atoms with Gasteiger partial charge in [-0.15, -0.1) is 12.4 Å². The van der Waals surface area contributed by atoms with Crippen molar-refractivity contribution < 1.29 is 19.2 Å². The topological polar surface area (TPSA) is 75.7 Å². The second kappa shape index (κ2) is 7.16. The van der Waals surface area contributed by atoms with Crippen LogP contribution in [0.1, 0.15) is 39.2 Å². The van der Waals surface area contributed by atoms with Gasteiger partial charge in [-0.1, -0.05) is 26.0 Å².